The maximum atomic E-state index is 4.72. The molecule has 0 bridgehead atoms. The Balaban J connectivity index is 1.63. The van der Waals surface area contributed by atoms with Crippen molar-refractivity contribution in [2.75, 3.05) is 10.6 Å². The molecule has 1 aromatic heterocycles. The summed E-state index contributed by atoms with van der Waals surface area (Å²) in [6.07, 6.45) is 1.03. The van der Waals surface area contributed by atoms with Gasteiger partial charge in [0.15, 0.2) is 0 Å². The molecular weight excluding hydrogens is 332 g/mol. The second-order valence-electron chi connectivity index (χ2n) is 6.43. The van der Waals surface area contributed by atoms with Crippen LogP contribution in [0.4, 0.5) is 17.5 Å². The van der Waals surface area contributed by atoms with Crippen LogP contribution in [0.25, 0.3) is 10.9 Å². The van der Waals surface area contributed by atoms with Crippen LogP contribution in [0.15, 0.2) is 78.9 Å². The van der Waals surface area contributed by atoms with E-state index < -0.39 is 0 Å². The molecule has 1 heterocycles. The third-order valence-electron chi connectivity index (χ3n) is 4.52. The van der Waals surface area contributed by atoms with Crippen molar-refractivity contribution in [2.24, 2.45) is 0 Å². The molecule has 27 heavy (non-hydrogen) atoms. The number of para-hydroxylation sites is 1. The maximum absolute atomic E-state index is 4.72. The van der Waals surface area contributed by atoms with Crippen LogP contribution in [0.3, 0.4) is 0 Å². The zero-order valence-corrected chi connectivity index (χ0v) is 15.3. The molecule has 0 atom stereocenters. The van der Waals surface area contributed by atoms with E-state index in [2.05, 4.69) is 58.9 Å². The van der Waals surface area contributed by atoms with Gasteiger partial charge in [-0.1, -0.05) is 61.5 Å². The van der Waals surface area contributed by atoms with E-state index in [-0.39, 0.29) is 0 Å². The monoisotopic (exact) mass is 354 g/mol. The highest BCUT2D eigenvalue weighted by Crippen LogP contribution is 2.24. The van der Waals surface area contributed by atoms with Gasteiger partial charge in [0.1, 0.15) is 5.82 Å². The van der Waals surface area contributed by atoms with Crippen LogP contribution in [0, 0.1) is 0 Å². The third-order valence-corrected chi connectivity index (χ3v) is 4.52. The highest BCUT2D eigenvalue weighted by molar-refractivity contribution is 5.90. The molecule has 0 fully saturated rings. The molecule has 3 aromatic carbocycles. The Bertz CT molecular complexity index is 1030. The highest BCUT2D eigenvalue weighted by Gasteiger charge is 2.08. The summed E-state index contributed by atoms with van der Waals surface area (Å²) < 4.78 is 0. The molecule has 0 saturated carbocycles. The van der Waals surface area contributed by atoms with E-state index in [0.717, 1.165) is 28.8 Å². The van der Waals surface area contributed by atoms with Crippen LogP contribution >= 0.6 is 0 Å². The summed E-state index contributed by atoms with van der Waals surface area (Å²) in [7, 11) is 0. The number of aromatic nitrogens is 2. The van der Waals surface area contributed by atoms with Crippen LogP contribution in [0.2, 0.25) is 0 Å². The SMILES string of the molecule is CCc1ccc(Nc2nc(NCc3ccccc3)c3ccccc3n2)cc1. The minimum Gasteiger partial charge on any atom is -0.365 e. The van der Waals surface area contributed by atoms with E-state index in [1.807, 2.05) is 42.5 Å². The van der Waals surface area contributed by atoms with E-state index in [1.165, 1.54) is 11.1 Å². The summed E-state index contributed by atoms with van der Waals surface area (Å²) in [6.45, 7) is 2.87. The first-order valence-corrected chi connectivity index (χ1v) is 9.22. The standard InChI is InChI=1S/C23H22N4/c1-2-17-12-14-19(15-13-17)25-23-26-21-11-7-6-10-20(21)22(27-23)24-16-18-8-4-3-5-9-18/h3-15H,2,16H2,1H3,(H2,24,25,26,27). The lowest BCUT2D eigenvalue weighted by atomic mass is 10.1. The molecule has 0 unspecified atom stereocenters. The van der Waals surface area contributed by atoms with Gasteiger partial charge in [-0.3, -0.25) is 0 Å². The predicted octanol–water partition coefficient (Wildman–Crippen LogP) is 5.55. The van der Waals surface area contributed by atoms with Crippen LogP contribution in [0.1, 0.15) is 18.1 Å². The first kappa shape index (κ1) is 17.0. The van der Waals surface area contributed by atoms with Crippen molar-refractivity contribution >= 4 is 28.4 Å². The molecule has 4 nitrogen and oxygen atoms in total. The van der Waals surface area contributed by atoms with Crippen molar-refractivity contribution in [3.8, 4) is 0 Å². The zero-order valence-electron chi connectivity index (χ0n) is 15.3. The number of benzene rings is 3. The predicted molar refractivity (Wildman–Crippen MR) is 112 cm³/mol. The van der Waals surface area contributed by atoms with Crippen molar-refractivity contribution < 1.29 is 0 Å². The Hall–Kier alpha value is -3.40. The fraction of sp³-hybridized carbons (Fsp3) is 0.130. The maximum Gasteiger partial charge on any atom is 0.229 e. The average Bonchev–Trinajstić information content (AvgIpc) is 2.73. The molecule has 134 valence electrons. The van der Waals surface area contributed by atoms with E-state index in [9.17, 15) is 0 Å². The van der Waals surface area contributed by atoms with Crippen molar-refractivity contribution in [1.29, 1.82) is 0 Å². The first-order chi connectivity index (χ1) is 13.3. The van der Waals surface area contributed by atoms with E-state index in [0.29, 0.717) is 12.5 Å². The molecule has 0 aliphatic carbocycles. The van der Waals surface area contributed by atoms with Gasteiger partial charge in [0, 0.05) is 17.6 Å². The summed E-state index contributed by atoms with van der Waals surface area (Å²) in [5.74, 6) is 1.42. The summed E-state index contributed by atoms with van der Waals surface area (Å²) in [6, 6.07) is 26.7. The lowest BCUT2D eigenvalue weighted by Crippen LogP contribution is -2.05. The average molecular weight is 354 g/mol. The van der Waals surface area contributed by atoms with Gasteiger partial charge in [0.2, 0.25) is 5.95 Å². The number of aryl methyl sites for hydroxylation is 1. The molecule has 0 spiro atoms. The number of nitrogens with one attached hydrogen (secondary N) is 2. The molecule has 0 aliphatic heterocycles. The molecule has 4 rings (SSSR count). The van der Waals surface area contributed by atoms with Crippen molar-refractivity contribution in [1.82, 2.24) is 9.97 Å². The fourth-order valence-electron chi connectivity index (χ4n) is 3.00. The fourth-order valence-corrected chi connectivity index (χ4v) is 3.00. The number of nitrogens with zero attached hydrogens (tertiary/aromatic N) is 2. The van der Waals surface area contributed by atoms with Crippen molar-refractivity contribution in [3.63, 3.8) is 0 Å². The lowest BCUT2D eigenvalue weighted by Gasteiger charge is -2.12. The Morgan fingerprint density at radius 3 is 2.26 bits per heavy atom. The summed E-state index contributed by atoms with van der Waals surface area (Å²) in [4.78, 5) is 9.39. The second-order valence-corrected chi connectivity index (χ2v) is 6.43. The van der Waals surface area contributed by atoms with Gasteiger partial charge in [0.05, 0.1) is 5.52 Å². The quantitative estimate of drug-likeness (QED) is 0.477. The molecule has 0 aliphatic rings. The van der Waals surface area contributed by atoms with Crippen LogP contribution in [0.5, 0.6) is 0 Å². The van der Waals surface area contributed by atoms with Gasteiger partial charge in [-0.2, -0.15) is 4.98 Å². The molecular formula is C23H22N4. The Labute approximate surface area is 159 Å². The first-order valence-electron chi connectivity index (χ1n) is 9.22. The molecule has 0 radical (unpaired) electrons. The number of fused-ring (bicyclic) bond motifs is 1. The Morgan fingerprint density at radius 2 is 1.48 bits per heavy atom. The Morgan fingerprint density at radius 1 is 0.741 bits per heavy atom. The van der Waals surface area contributed by atoms with Gasteiger partial charge < -0.3 is 10.6 Å². The van der Waals surface area contributed by atoms with Gasteiger partial charge in [-0.15, -0.1) is 0 Å². The van der Waals surface area contributed by atoms with Gasteiger partial charge in [-0.05, 0) is 41.8 Å². The van der Waals surface area contributed by atoms with Gasteiger partial charge >= 0.3 is 0 Å². The van der Waals surface area contributed by atoms with Gasteiger partial charge in [-0.25, -0.2) is 4.98 Å². The number of rotatable bonds is 6. The third kappa shape index (κ3) is 4.06. The van der Waals surface area contributed by atoms with Crippen molar-refractivity contribution in [3.05, 3.63) is 90.0 Å². The topological polar surface area (TPSA) is 49.8 Å². The van der Waals surface area contributed by atoms with Gasteiger partial charge in [0.25, 0.3) is 0 Å². The highest BCUT2D eigenvalue weighted by atomic mass is 15.1. The summed E-state index contributed by atoms with van der Waals surface area (Å²) in [5.41, 5.74) is 4.42. The number of hydrogen-bond acceptors (Lipinski definition) is 4. The molecule has 0 saturated heterocycles. The lowest BCUT2D eigenvalue weighted by molar-refractivity contribution is 1.10. The van der Waals surface area contributed by atoms with Crippen LogP contribution < -0.4 is 10.6 Å². The minimum absolute atomic E-state index is 0.591. The second kappa shape index (κ2) is 7.87. The molecule has 0 amide bonds. The largest absolute Gasteiger partial charge is 0.365 e. The normalized spacial score (nSPS) is 10.7. The van der Waals surface area contributed by atoms with E-state index >= 15 is 0 Å². The van der Waals surface area contributed by atoms with Crippen molar-refractivity contribution in [2.45, 2.75) is 19.9 Å². The summed E-state index contributed by atoms with van der Waals surface area (Å²) in [5, 5.41) is 7.80. The number of anilines is 3. The van der Waals surface area contributed by atoms with Crippen LogP contribution in [-0.2, 0) is 13.0 Å². The summed E-state index contributed by atoms with van der Waals surface area (Å²) >= 11 is 0. The number of hydrogen-bond donors (Lipinski definition) is 2. The molecule has 2 N–H and O–H groups in total. The Kier molecular flexibility index (Phi) is 4.97. The zero-order chi connectivity index (χ0) is 18.5. The molecule has 4 heteroatoms. The molecule has 4 aromatic rings. The minimum atomic E-state index is 0.591. The smallest absolute Gasteiger partial charge is 0.229 e. The van der Waals surface area contributed by atoms with Crippen LogP contribution in [-0.4, -0.2) is 9.97 Å². The van der Waals surface area contributed by atoms with E-state index in [4.69, 9.17) is 4.98 Å². The van der Waals surface area contributed by atoms with E-state index in [1.54, 1.807) is 0 Å².